The van der Waals surface area contributed by atoms with Crippen LogP contribution in [0.2, 0.25) is 0 Å². The molecule has 0 saturated heterocycles. The van der Waals surface area contributed by atoms with Gasteiger partial charge in [-0.25, -0.2) is 13.6 Å². The van der Waals surface area contributed by atoms with E-state index in [0.29, 0.717) is 25.4 Å². The summed E-state index contributed by atoms with van der Waals surface area (Å²) in [6.45, 7) is 1.17. The third kappa shape index (κ3) is 5.72. The Hall–Kier alpha value is -0.900. The molecule has 0 spiro atoms. The van der Waals surface area contributed by atoms with Crippen molar-refractivity contribution < 1.29 is 13.2 Å². The second-order valence-corrected chi connectivity index (χ2v) is 7.02. The molecular weight excluding hydrogens is 288 g/mol. The van der Waals surface area contributed by atoms with E-state index in [1.54, 1.807) is 18.4 Å². The van der Waals surface area contributed by atoms with Crippen LogP contribution in [0.4, 0.5) is 5.13 Å². The van der Waals surface area contributed by atoms with Gasteiger partial charge in [0.15, 0.2) is 5.13 Å². The van der Waals surface area contributed by atoms with Gasteiger partial charge in [-0.05, 0) is 13.0 Å². The Morgan fingerprint density at radius 2 is 2.16 bits per heavy atom. The Labute approximate surface area is 117 Å². The van der Waals surface area contributed by atoms with Crippen molar-refractivity contribution in [2.45, 2.75) is 13.0 Å². The van der Waals surface area contributed by atoms with E-state index in [-0.39, 0.29) is 5.75 Å². The third-order valence-electron chi connectivity index (χ3n) is 2.29. The molecule has 0 radical (unpaired) electrons. The molecule has 0 atom stereocenters. The molecule has 0 aliphatic carbocycles. The van der Waals surface area contributed by atoms with Crippen LogP contribution >= 0.6 is 11.3 Å². The van der Waals surface area contributed by atoms with E-state index in [9.17, 15) is 8.42 Å². The minimum atomic E-state index is -3.37. The molecule has 0 aliphatic rings. The highest BCUT2D eigenvalue weighted by Gasteiger charge is 2.12. The predicted molar refractivity (Wildman–Crippen MR) is 77.3 cm³/mol. The van der Waals surface area contributed by atoms with Crippen molar-refractivity contribution >= 4 is 26.5 Å². The minimum absolute atomic E-state index is 0.0111. The van der Waals surface area contributed by atoms with E-state index in [1.807, 2.05) is 19.0 Å². The van der Waals surface area contributed by atoms with Crippen molar-refractivity contribution in [2.24, 2.45) is 5.14 Å². The maximum absolute atomic E-state index is 10.8. The average Bonchev–Trinajstić information content (AvgIpc) is 2.70. The zero-order valence-corrected chi connectivity index (χ0v) is 13.0. The molecule has 0 amide bonds. The van der Waals surface area contributed by atoms with Crippen LogP contribution in [-0.2, 0) is 16.6 Å². The summed E-state index contributed by atoms with van der Waals surface area (Å²) in [5, 5.41) is 8.95. The standard InChI is InChI=1S/C10H20N4O3S2/c1-14(2)10-13-9(17-3)8(18-10)7-12-5-4-6-19(11,15)16/h12H,4-7H2,1-3H3,(H2,11,15,16). The molecule has 7 nitrogen and oxygen atoms in total. The molecule has 0 fully saturated rings. The highest BCUT2D eigenvalue weighted by Crippen LogP contribution is 2.30. The number of ether oxygens (including phenoxy) is 1. The van der Waals surface area contributed by atoms with Crippen LogP contribution in [0, 0.1) is 0 Å². The number of nitrogens with zero attached hydrogens (tertiary/aromatic N) is 2. The van der Waals surface area contributed by atoms with Crippen molar-refractivity contribution in [1.82, 2.24) is 10.3 Å². The van der Waals surface area contributed by atoms with Gasteiger partial charge in [0, 0.05) is 20.6 Å². The largest absolute Gasteiger partial charge is 0.480 e. The second-order valence-electron chi connectivity index (χ2n) is 4.22. The van der Waals surface area contributed by atoms with Gasteiger partial charge < -0.3 is 15.0 Å². The van der Waals surface area contributed by atoms with Gasteiger partial charge in [0.1, 0.15) is 0 Å². The number of primary sulfonamides is 1. The SMILES string of the molecule is COc1nc(N(C)C)sc1CNCCCS(N)(=O)=O. The van der Waals surface area contributed by atoms with Gasteiger partial charge in [0.2, 0.25) is 15.9 Å². The molecule has 3 N–H and O–H groups in total. The molecule has 1 rings (SSSR count). The Bertz CT molecular complexity index is 499. The number of aromatic nitrogens is 1. The number of rotatable bonds is 8. The lowest BCUT2D eigenvalue weighted by Gasteiger charge is -2.05. The number of nitrogens with one attached hydrogen (secondary N) is 1. The predicted octanol–water partition coefficient (Wildman–Crippen LogP) is -0.0141. The lowest BCUT2D eigenvalue weighted by atomic mass is 10.4. The molecule has 19 heavy (non-hydrogen) atoms. The van der Waals surface area contributed by atoms with E-state index < -0.39 is 10.0 Å². The summed E-state index contributed by atoms with van der Waals surface area (Å²) < 4.78 is 26.7. The number of thiazole rings is 1. The van der Waals surface area contributed by atoms with Gasteiger partial charge in [0.25, 0.3) is 0 Å². The summed E-state index contributed by atoms with van der Waals surface area (Å²) in [5.74, 6) is 0.593. The first-order valence-electron chi connectivity index (χ1n) is 5.75. The van der Waals surface area contributed by atoms with Gasteiger partial charge in [-0.3, -0.25) is 0 Å². The number of methoxy groups -OCH3 is 1. The highest BCUT2D eigenvalue weighted by molar-refractivity contribution is 7.89. The zero-order valence-electron chi connectivity index (χ0n) is 11.3. The van der Waals surface area contributed by atoms with E-state index in [0.717, 1.165) is 10.0 Å². The molecule has 9 heteroatoms. The van der Waals surface area contributed by atoms with Gasteiger partial charge in [-0.15, -0.1) is 0 Å². The fourth-order valence-corrected chi connectivity index (χ4v) is 2.86. The van der Waals surface area contributed by atoms with Crippen LogP contribution in [0.15, 0.2) is 0 Å². The smallest absolute Gasteiger partial charge is 0.230 e. The van der Waals surface area contributed by atoms with Gasteiger partial charge in [0.05, 0.1) is 17.7 Å². The number of hydrogen-bond acceptors (Lipinski definition) is 7. The minimum Gasteiger partial charge on any atom is -0.480 e. The Morgan fingerprint density at radius 3 is 2.68 bits per heavy atom. The Morgan fingerprint density at radius 1 is 1.47 bits per heavy atom. The maximum atomic E-state index is 10.8. The van der Waals surface area contributed by atoms with E-state index in [4.69, 9.17) is 9.88 Å². The molecule has 1 aromatic heterocycles. The fraction of sp³-hybridized carbons (Fsp3) is 0.700. The number of anilines is 1. The van der Waals surface area contributed by atoms with Crippen LogP contribution in [0.5, 0.6) is 5.88 Å². The summed E-state index contributed by atoms with van der Waals surface area (Å²) >= 11 is 1.54. The quantitative estimate of drug-likeness (QED) is 0.655. The summed E-state index contributed by atoms with van der Waals surface area (Å²) in [6.07, 6.45) is 0.487. The summed E-state index contributed by atoms with van der Waals surface area (Å²) in [6, 6.07) is 0. The zero-order chi connectivity index (χ0) is 14.5. The number of sulfonamides is 1. The summed E-state index contributed by atoms with van der Waals surface area (Å²) in [5.41, 5.74) is 0. The molecular formula is C10H20N4O3S2. The van der Waals surface area contributed by atoms with Gasteiger partial charge in [-0.2, -0.15) is 4.98 Å². The molecule has 1 heterocycles. The van der Waals surface area contributed by atoms with Gasteiger partial charge >= 0.3 is 0 Å². The Balaban J connectivity index is 2.44. The van der Waals surface area contributed by atoms with Crippen LogP contribution in [0.1, 0.15) is 11.3 Å². The van der Waals surface area contributed by atoms with Crippen LogP contribution in [-0.4, -0.2) is 46.9 Å². The summed E-state index contributed by atoms with van der Waals surface area (Å²) in [7, 11) is 2.05. The van der Waals surface area contributed by atoms with E-state index in [2.05, 4.69) is 10.3 Å². The van der Waals surface area contributed by atoms with Crippen molar-refractivity contribution in [3.05, 3.63) is 4.88 Å². The van der Waals surface area contributed by atoms with Crippen molar-refractivity contribution in [3.8, 4) is 5.88 Å². The summed E-state index contributed by atoms with van der Waals surface area (Å²) in [4.78, 5) is 7.23. The molecule has 0 aromatic carbocycles. The van der Waals surface area contributed by atoms with Crippen LogP contribution < -0.4 is 20.1 Å². The number of hydrogen-bond donors (Lipinski definition) is 2. The average molecular weight is 308 g/mol. The maximum Gasteiger partial charge on any atom is 0.230 e. The molecule has 0 saturated carbocycles. The van der Waals surface area contributed by atoms with Crippen molar-refractivity contribution in [3.63, 3.8) is 0 Å². The van der Waals surface area contributed by atoms with Crippen molar-refractivity contribution in [2.75, 3.05) is 38.4 Å². The van der Waals surface area contributed by atoms with Gasteiger partial charge in [-0.1, -0.05) is 11.3 Å². The first-order valence-corrected chi connectivity index (χ1v) is 8.29. The Kier molecular flexibility index (Phi) is 5.98. The third-order valence-corrected chi connectivity index (χ3v) is 4.36. The molecule has 0 bridgehead atoms. The van der Waals surface area contributed by atoms with E-state index >= 15 is 0 Å². The first-order chi connectivity index (χ1) is 8.83. The van der Waals surface area contributed by atoms with Crippen molar-refractivity contribution in [1.29, 1.82) is 0 Å². The first kappa shape index (κ1) is 16.2. The molecule has 0 unspecified atom stereocenters. The molecule has 0 aliphatic heterocycles. The second kappa shape index (κ2) is 7.04. The fourth-order valence-electron chi connectivity index (χ4n) is 1.39. The lowest BCUT2D eigenvalue weighted by Crippen LogP contribution is -2.21. The number of nitrogens with two attached hydrogens (primary N) is 1. The lowest BCUT2D eigenvalue weighted by molar-refractivity contribution is 0.395. The topological polar surface area (TPSA) is 97.5 Å². The highest BCUT2D eigenvalue weighted by atomic mass is 32.2. The van der Waals surface area contributed by atoms with Crippen LogP contribution in [0.3, 0.4) is 0 Å². The monoisotopic (exact) mass is 308 g/mol. The van der Waals surface area contributed by atoms with Crippen LogP contribution in [0.25, 0.3) is 0 Å². The van der Waals surface area contributed by atoms with E-state index in [1.165, 1.54) is 0 Å². The molecule has 1 aromatic rings. The normalized spacial score (nSPS) is 11.6. The molecule has 110 valence electrons.